The van der Waals surface area contributed by atoms with Crippen LogP contribution < -0.4 is 0 Å². The zero-order valence-corrected chi connectivity index (χ0v) is 16.7. The van der Waals surface area contributed by atoms with Crippen LogP contribution in [0.15, 0.2) is 29.4 Å². The molecule has 9 heteroatoms. The third-order valence-corrected chi connectivity index (χ3v) is 7.19. The topological polar surface area (TPSA) is 85.2 Å². The lowest BCUT2D eigenvalue weighted by Crippen LogP contribution is -2.38. The van der Waals surface area contributed by atoms with Gasteiger partial charge in [-0.25, -0.2) is 8.42 Å². The highest BCUT2D eigenvalue weighted by Gasteiger charge is 2.32. The van der Waals surface area contributed by atoms with Gasteiger partial charge in [-0.2, -0.15) is 0 Å². The van der Waals surface area contributed by atoms with Gasteiger partial charge in [-0.1, -0.05) is 23.9 Å². The lowest BCUT2D eigenvalue weighted by Gasteiger charge is -2.23. The molecule has 0 unspecified atom stereocenters. The van der Waals surface area contributed by atoms with Gasteiger partial charge in [-0.15, -0.1) is 10.2 Å². The summed E-state index contributed by atoms with van der Waals surface area (Å²) in [6.07, 6.45) is 0.508. The highest BCUT2D eigenvalue weighted by Crippen LogP contribution is 2.24. The maximum atomic E-state index is 12.5. The smallest absolute Gasteiger partial charge is 0.233 e. The Kier molecular flexibility index (Phi) is 5.38. The Morgan fingerprint density at radius 1 is 1.35 bits per heavy atom. The lowest BCUT2D eigenvalue weighted by molar-refractivity contribution is -0.128. The molecule has 1 aromatic heterocycles. The second kappa shape index (κ2) is 7.40. The summed E-state index contributed by atoms with van der Waals surface area (Å²) < 4.78 is 25.2. The van der Waals surface area contributed by atoms with Gasteiger partial charge in [0.05, 0.1) is 17.3 Å². The Morgan fingerprint density at radius 2 is 2.12 bits per heavy atom. The molecule has 0 spiro atoms. The minimum Gasteiger partial charge on any atom is -0.341 e. The second-order valence-corrected chi connectivity index (χ2v) is 9.73. The van der Waals surface area contributed by atoms with E-state index in [2.05, 4.69) is 10.2 Å². The number of sulfone groups is 1. The van der Waals surface area contributed by atoms with E-state index in [0.717, 1.165) is 17.1 Å². The van der Waals surface area contributed by atoms with Crippen LogP contribution in [0.2, 0.25) is 0 Å². The first-order valence-corrected chi connectivity index (χ1v) is 11.2. The number of aryl methyl sites for hydroxylation is 2. The molecule has 140 valence electrons. The summed E-state index contributed by atoms with van der Waals surface area (Å²) in [5, 5.41) is 8.96. The molecule has 1 atom stereocenters. The predicted octanol–water partition coefficient (Wildman–Crippen LogP) is 1.62. The molecule has 1 aromatic carbocycles. The SMILES string of the molecule is Cc1cccc(-n2c(C)nnc2SCC(=O)N(C)[C@H]2CCS(=O)(=O)C2)c1. The first kappa shape index (κ1) is 18.9. The molecule has 1 aliphatic heterocycles. The number of carbonyl (C=O) groups excluding carboxylic acids is 1. The van der Waals surface area contributed by atoms with Crippen molar-refractivity contribution >= 4 is 27.5 Å². The van der Waals surface area contributed by atoms with Gasteiger partial charge < -0.3 is 4.90 Å². The molecule has 0 aliphatic carbocycles. The van der Waals surface area contributed by atoms with Gasteiger partial charge in [0.1, 0.15) is 5.82 Å². The number of rotatable bonds is 5. The number of hydrogen-bond acceptors (Lipinski definition) is 6. The fourth-order valence-corrected chi connectivity index (χ4v) is 5.71. The summed E-state index contributed by atoms with van der Waals surface area (Å²) in [4.78, 5) is 14.0. The van der Waals surface area contributed by atoms with E-state index in [1.165, 1.54) is 11.8 Å². The summed E-state index contributed by atoms with van der Waals surface area (Å²) in [5.41, 5.74) is 2.09. The molecule has 1 fully saturated rings. The first-order valence-electron chi connectivity index (χ1n) is 8.35. The molecule has 2 heterocycles. The number of thioether (sulfide) groups is 1. The molecule has 1 aliphatic rings. The third-order valence-electron chi connectivity index (χ3n) is 4.53. The van der Waals surface area contributed by atoms with E-state index in [9.17, 15) is 13.2 Å². The van der Waals surface area contributed by atoms with Crippen LogP contribution in [-0.2, 0) is 14.6 Å². The van der Waals surface area contributed by atoms with Crippen molar-refractivity contribution in [2.45, 2.75) is 31.5 Å². The first-order chi connectivity index (χ1) is 12.3. The van der Waals surface area contributed by atoms with E-state index < -0.39 is 9.84 Å². The molecule has 3 rings (SSSR count). The van der Waals surface area contributed by atoms with Crippen molar-refractivity contribution in [1.82, 2.24) is 19.7 Å². The zero-order valence-electron chi connectivity index (χ0n) is 15.0. The maximum absolute atomic E-state index is 12.5. The summed E-state index contributed by atoms with van der Waals surface area (Å²) in [6, 6.07) is 7.77. The van der Waals surface area contributed by atoms with Crippen LogP contribution in [0.3, 0.4) is 0 Å². The highest BCUT2D eigenvalue weighted by atomic mass is 32.2. The van der Waals surface area contributed by atoms with E-state index in [1.54, 1.807) is 11.9 Å². The fourth-order valence-electron chi connectivity index (χ4n) is 3.01. The van der Waals surface area contributed by atoms with Crippen LogP contribution in [0.1, 0.15) is 17.8 Å². The van der Waals surface area contributed by atoms with Gasteiger partial charge in [0.25, 0.3) is 0 Å². The monoisotopic (exact) mass is 394 g/mol. The largest absolute Gasteiger partial charge is 0.341 e. The van der Waals surface area contributed by atoms with Gasteiger partial charge in [0.2, 0.25) is 5.91 Å². The van der Waals surface area contributed by atoms with Crippen molar-refractivity contribution in [2.75, 3.05) is 24.3 Å². The Bertz CT molecular complexity index is 924. The summed E-state index contributed by atoms with van der Waals surface area (Å²) in [6.45, 7) is 3.89. The number of nitrogens with zero attached hydrogens (tertiary/aromatic N) is 4. The molecule has 1 amide bonds. The summed E-state index contributed by atoms with van der Waals surface area (Å²) in [7, 11) is -1.34. The van der Waals surface area contributed by atoms with Crippen molar-refractivity contribution in [3.63, 3.8) is 0 Å². The Balaban J connectivity index is 1.70. The van der Waals surface area contributed by atoms with Gasteiger partial charge in [0, 0.05) is 18.8 Å². The van der Waals surface area contributed by atoms with Crippen molar-refractivity contribution in [3.8, 4) is 5.69 Å². The average molecular weight is 395 g/mol. The van der Waals surface area contributed by atoms with Crippen LogP contribution in [0.4, 0.5) is 0 Å². The highest BCUT2D eigenvalue weighted by molar-refractivity contribution is 7.99. The van der Waals surface area contributed by atoms with E-state index in [1.807, 2.05) is 42.7 Å². The number of amides is 1. The second-order valence-electron chi connectivity index (χ2n) is 6.55. The van der Waals surface area contributed by atoms with Crippen molar-refractivity contribution < 1.29 is 13.2 Å². The third kappa shape index (κ3) is 4.09. The quantitative estimate of drug-likeness (QED) is 0.717. The number of carbonyl (C=O) groups is 1. The van der Waals surface area contributed by atoms with E-state index in [-0.39, 0.29) is 29.2 Å². The van der Waals surface area contributed by atoms with Crippen molar-refractivity contribution in [2.24, 2.45) is 0 Å². The van der Waals surface area contributed by atoms with Crippen LogP contribution in [-0.4, -0.2) is 64.3 Å². The van der Waals surface area contributed by atoms with Gasteiger partial charge >= 0.3 is 0 Å². The van der Waals surface area contributed by atoms with E-state index >= 15 is 0 Å². The Labute approximate surface area is 157 Å². The van der Waals surface area contributed by atoms with E-state index in [0.29, 0.717) is 11.6 Å². The number of hydrogen-bond donors (Lipinski definition) is 0. The molecule has 0 radical (unpaired) electrons. The minimum atomic E-state index is -3.01. The predicted molar refractivity (Wildman–Crippen MR) is 101 cm³/mol. The molecule has 2 aromatic rings. The van der Waals surface area contributed by atoms with Crippen LogP contribution in [0, 0.1) is 13.8 Å². The molecule has 7 nitrogen and oxygen atoms in total. The molecule has 0 N–H and O–H groups in total. The van der Waals surface area contributed by atoms with Gasteiger partial charge in [0.15, 0.2) is 15.0 Å². The molecule has 0 bridgehead atoms. The normalized spacial score (nSPS) is 18.8. The molecule has 0 saturated carbocycles. The molecule has 1 saturated heterocycles. The zero-order chi connectivity index (χ0) is 18.9. The van der Waals surface area contributed by atoms with Crippen molar-refractivity contribution in [1.29, 1.82) is 0 Å². The maximum Gasteiger partial charge on any atom is 0.233 e. The summed E-state index contributed by atoms with van der Waals surface area (Å²) >= 11 is 1.31. The summed E-state index contributed by atoms with van der Waals surface area (Å²) in [5.74, 6) is 1.05. The fraction of sp³-hybridized carbons (Fsp3) is 0.471. The van der Waals surface area contributed by atoms with Crippen molar-refractivity contribution in [3.05, 3.63) is 35.7 Å². The van der Waals surface area contributed by atoms with Gasteiger partial charge in [-0.05, 0) is 38.0 Å². The standard InChI is InChI=1S/C17H22N4O3S2/c1-12-5-4-6-14(9-12)21-13(2)18-19-17(21)25-10-16(22)20(3)15-7-8-26(23,24)11-15/h4-6,9,15H,7-8,10-11H2,1-3H3/t15-/m0/s1. The molecule has 26 heavy (non-hydrogen) atoms. The Morgan fingerprint density at radius 3 is 2.77 bits per heavy atom. The molecular weight excluding hydrogens is 372 g/mol. The molecular formula is C17H22N4O3S2. The number of aromatic nitrogens is 3. The minimum absolute atomic E-state index is 0.0541. The Hall–Kier alpha value is -1.87. The van der Waals surface area contributed by atoms with Crippen LogP contribution in [0.5, 0.6) is 0 Å². The average Bonchev–Trinajstić information content (AvgIpc) is 3.14. The van der Waals surface area contributed by atoms with Crippen LogP contribution in [0.25, 0.3) is 5.69 Å². The number of benzene rings is 1. The van der Waals surface area contributed by atoms with Gasteiger partial charge in [-0.3, -0.25) is 9.36 Å². The van der Waals surface area contributed by atoms with Crippen LogP contribution >= 0.6 is 11.8 Å². The lowest BCUT2D eigenvalue weighted by atomic mass is 10.2. The van der Waals surface area contributed by atoms with E-state index in [4.69, 9.17) is 0 Å².